The molecule has 2 unspecified atom stereocenters. The minimum absolute atomic E-state index is 0.0143. The maximum Gasteiger partial charge on any atom is 0.329 e. The SMILES string of the molecule is CCC(C)OP(=O)(O)CCNCC(=O)N1CCc2cc(OC3CCC(C(C)(C)C)CC3)ccc21. The van der Waals surface area contributed by atoms with Gasteiger partial charge in [-0.3, -0.25) is 9.36 Å². The molecule has 0 spiro atoms. The van der Waals surface area contributed by atoms with E-state index in [1.807, 2.05) is 19.1 Å². The van der Waals surface area contributed by atoms with Crippen molar-refractivity contribution in [2.75, 3.05) is 30.7 Å². The summed E-state index contributed by atoms with van der Waals surface area (Å²) in [6, 6.07) is 6.04. The Hall–Kier alpha value is -1.40. The van der Waals surface area contributed by atoms with Crippen LogP contribution < -0.4 is 15.0 Å². The zero-order chi connectivity index (χ0) is 24.9. The van der Waals surface area contributed by atoms with Gasteiger partial charge in [-0.1, -0.05) is 27.7 Å². The van der Waals surface area contributed by atoms with Crippen molar-refractivity contribution in [1.29, 1.82) is 0 Å². The average Bonchev–Trinajstić information content (AvgIpc) is 3.19. The molecule has 0 aromatic heterocycles. The van der Waals surface area contributed by atoms with Gasteiger partial charge in [-0.05, 0) is 80.5 Å². The van der Waals surface area contributed by atoms with Crippen molar-refractivity contribution < 1.29 is 23.5 Å². The van der Waals surface area contributed by atoms with Crippen molar-refractivity contribution in [3.63, 3.8) is 0 Å². The highest BCUT2D eigenvalue weighted by molar-refractivity contribution is 7.52. The van der Waals surface area contributed by atoms with Gasteiger partial charge in [-0.25, -0.2) is 0 Å². The number of fused-ring (bicyclic) bond motifs is 1. The van der Waals surface area contributed by atoms with Crippen LogP contribution in [-0.2, 0) is 20.3 Å². The summed E-state index contributed by atoms with van der Waals surface area (Å²) in [7, 11) is -3.64. The lowest BCUT2D eigenvalue weighted by atomic mass is 9.72. The molecular formula is C26H43N2O5P. The number of ether oxygens (including phenoxy) is 1. The van der Waals surface area contributed by atoms with Crippen LogP contribution in [-0.4, -0.2) is 48.8 Å². The number of benzene rings is 1. The predicted octanol–water partition coefficient (Wildman–Crippen LogP) is 5.15. The van der Waals surface area contributed by atoms with E-state index >= 15 is 0 Å². The molecule has 34 heavy (non-hydrogen) atoms. The van der Waals surface area contributed by atoms with E-state index in [0.29, 0.717) is 18.4 Å². The number of hydrogen-bond donors (Lipinski definition) is 2. The predicted molar refractivity (Wildman–Crippen MR) is 137 cm³/mol. The minimum atomic E-state index is -3.64. The molecule has 1 fully saturated rings. The molecule has 7 nitrogen and oxygen atoms in total. The third-order valence-corrected chi connectivity index (χ3v) is 8.69. The number of nitrogens with zero attached hydrogens (tertiary/aromatic N) is 1. The van der Waals surface area contributed by atoms with E-state index in [-0.39, 0.29) is 37.4 Å². The summed E-state index contributed by atoms with van der Waals surface area (Å²) in [5.74, 6) is 1.62. The smallest absolute Gasteiger partial charge is 0.329 e. The second-order valence-electron chi connectivity index (χ2n) is 10.9. The van der Waals surface area contributed by atoms with Gasteiger partial charge in [0.25, 0.3) is 0 Å². The second-order valence-corrected chi connectivity index (χ2v) is 12.8. The summed E-state index contributed by atoms with van der Waals surface area (Å²) in [6.45, 7) is 11.7. The third kappa shape index (κ3) is 7.55. The van der Waals surface area contributed by atoms with E-state index in [0.717, 1.165) is 42.2 Å². The molecule has 1 aromatic rings. The topological polar surface area (TPSA) is 88.1 Å². The summed E-state index contributed by atoms with van der Waals surface area (Å²) >= 11 is 0. The highest BCUT2D eigenvalue weighted by Gasteiger charge is 2.31. The van der Waals surface area contributed by atoms with Crippen molar-refractivity contribution in [3.8, 4) is 5.75 Å². The summed E-state index contributed by atoms with van der Waals surface area (Å²) in [6.07, 6.45) is 6.10. The third-order valence-electron chi connectivity index (χ3n) is 7.22. The zero-order valence-corrected chi connectivity index (χ0v) is 22.4. The number of carbonyl (C=O) groups excluding carboxylic acids is 1. The van der Waals surface area contributed by atoms with Gasteiger partial charge in [0, 0.05) is 18.8 Å². The van der Waals surface area contributed by atoms with Crippen molar-refractivity contribution in [2.45, 2.75) is 85.4 Å². The maximum atomic E-state index is 12.7. The molecule has 1 heterocycles. The number of carbonyl (C=O) groups is 1. The summed E-state index contributed by atoms with van der Waals surface area (Å²) in [5.41, 5.74) is 2.43. The molecule has 0 radical (unpaired) electrons. The molecule has 1 aliphatic carbocycles. The zero-order valence-electron chi connectivity index (χ0n) is 21.5. The standard InChI is InChI=1S/C26H43N2O5P/c1-6-19(2)33-34(30,31)16-14-27-18-25(29)28-15-13-20-17-23(11-12-24(20)28)32-22-9-7-21(8-10-22)26(3,4)5/h11-12,17,19,21-22,27H,6-10,13-16,18H2,1-5H3,(H,30,31). The van der Waals surface area contributed by atoms with Crippen LogP contribution in [0.5, 0.6) is 5.75 Å². The monoisotopic (exact) mass is 494 g/mol. The molecule has 3 rings (SSSR count). The van der Waals surface area contributed by atoms with Gasteiger partial charge in [0.05, 0.1) is 24.9 Å². The van der Waals surface area contributed by atoms with Gasteiger partial charge in [0.1, 0.15) is 5.75 Å². The molecule has 0 bridgehead atoms. The van der Waals surface area contributed by atoms with Crippen molar-refractivity contribution in [1.82, 2.24) is 5.32 Å². The Bertz CT molecular complexity index is 876. The van der Waals surface area contributed by atoms with Crippen LogP contribution in [0.4, 0.5) is 5.69 Å². The fourth-order valence-electron chi connectivity index (χ4n) is 4.87. The Morgan fingerprint density at radius 2 is 1.97 bits per heavy atom. The Morgan fingerprint density at radius 1 is 1.26 bits per heavy atom. The van der Waals surface area contributed by atoms with Crippen LogP contribution >= 0.6 is 7.60 Å². The molecule has 2 N–H and O–H groups in total. The van der Waals surface area contributed by atoms with E-state index < -0.39 is 7.60 Å². The Kier molecular flexibility index (Phi) is 9.24. The van der Waals surface area contributed by atoms with Crippen molar-refractivity contribution in [2.24, 2.45) is 11.3 Å². The first-order chi connectivity index (χ1) is 16.0. The largest absolute Gasteiger partial charge is 0.490 e. The van der Waals surface area contributed by atoms with Crippen molar-refractivity contribution >= 4 is 19.2 Å². The Balaban J connectivity index is 1.46. The molecule has 1 aliphatic heterocycles. The normalized spacial score (nSPS) is 23.3. The lowest BCUT2D eigenvalue weighted by Gasteiger charge is -2.37. The molecule has 1 saturated carbocycles. The number of nitrogens with one attached hydrogen (secondary N) is 1. The van der Waals surface area contributed by atoms with E-state index in [9.17, 15) is 14.3 Å². The first-order valence-electron chi connectivity index (χ1n) is 12.8. The minimum Gasteiger partial charge on any atom is -0.490 e. The molecule has 192 valence electrons. The quantitative estimate of drug-likeness (QED) is 0.346. The van der Waals surface area contributed by atoms with E-state index in [1.54, 1.807) is 11.8 Å². The summed E-state index contributed by atoms with van der Waals surface area (Å²) in [4.78, 5) is 24.4. The van der Waals surface area contributed by atoms with Crippen LogP contribution in [0.3, 0.4) is 0 Å². The molecule has 1 amide bonds. The van der Waals surface area contributed by atoms with Crippen LogP contribution in [0.1, 0.15) is 72.3 Å². The first kappa shape index (κ1) is 27.2. The number of hydrogen-bond acceptors (Lipinski definition) is 5. The molecule has 2 atom stereocenters. The van der Waals surface area contributed by atoms with E-state index in [1.165, 1.54) is 12.8 Å². The summed E-state index contributed by atoms with van der Waals surface area (Å²) < 4.78 is 23.6. The Labute approximate surface area is 205 Å². The summed E-state index contributed by atoms with van der Waals surface area (Å²) in [5, 5.41) is 2.99. The van der Waals surface area contributed by atoms with Crippen LogP contribution in [0.2, 0.25) is 0 Å². The number of anilines is 1. The molecule has 1 aromatic carbocycles. The van der Waals surface area contributed by atoms with Gasteiger partial charge in [-0.15, -0.1) is 0 Å². The van der Waals surface area contributed by atoms with Gasteiger partial charge < -0.3 is 24.4 Å². The second kappa shape index (κ2) is 11.6. The highest BCUT2D eigenvalue weighted by Crippen LogP contribution is 2.43. The van der Waals surface area contributed by atoms with Gasteiger partial charge in [0.2, 0.25) is 5.91 Å². The van der Waals surface area contributed by atoms with E-state index in [2.05, 4.69) is 32.2 Å². The molecule has 0 saturated heterocycles. The van der Waals surface area contributed by atoms with Gasteiger partial charge >= 0.3 is 7.60 Å². The van der Waals surface area contributed by atoms with Crippen molar-refractivity contribution in [3.05, 3.63) is 23.8 Å². The Morgan fingerprint density at radius 3 is 2.62 bits per heavy atom. The molecule has 2 aliphatic rings. The number of amides is 1. The fourth-order valence-corrected chi connectivity index (χ4v) is 6.13. The average molecular weight is 495 g/mol. The highest BCUT2D eigenvalue weighted by atomic mass is 31.2. The molecule has 8 heteroatoms. The maximum absolute atomic E-state index is 12.7. The van der Waals surface area contributed by atoms with Crippen LogP contribution in [0.25, 0.3) is 0 Å². The first-order valence-corrected chi connectivity index (χ1v) is 14.6. The van der Waals surface area contributed by atoms with Gasteiger partial charge in [-0.2, -0.15) is 0 Å². The molecular weight excluding hydrogens is 451 g/mol. The van der Waals surface area contributed by atoms with Crippen LogP contribution in [0.15, 0.2) is 18.2 Å². The van der Waals surface area contributed by atoms with E-state index in [4.69, 9.17) is 9.26 Å². The lowest BCUT2D eigenvalue weighted by molar-refractivity contribution is -0.117. The lowest BCUT2D eigenvalue weighted by Crippen LogP contribution is -2.38. The fraction of sp³-hybridized carbons (Fsp3) is 0.731. The number of rotatable bonds is 10. The van der Waals surface area contributed by atoms with Crippen LogP contribution in [0, 0.1) is 11.3 Å². The van der Waals surface area contributed by atoms with Gasteiger partial charge in [0.15, 0.2) is 0 Å².